The molecular formula is C18H20N4O2. The van der Waals surface area contributed by atoms with Crippen LogP contribution in [0.15, 0.2) is 41.2 Å². The van der Waals surface area contributed by atoms with Crippen molar-refractivity contribution >= 4 is 16.9 Å². The number of hydrogen-bond acceptors (Lipinski definition) is 3. The summed E-state index contributed by atoms with van der Waals surface area (Å²) in [6.07, 6.45) is 0. The van der Waals surface area contributed by atoms with E-state index in [4.69, 9.17) is 0 Å². The van der Waals surface area contributed by atoms with Gasteiger partial charge in [0.05, 0.1) is 17.6 Å². The van der Waals surface area contributed by atoms with Gasteiger partial charge in [-0.15, -0.1) is 0 Å². The number of benzene rings is 1. The highest BCUT2D eigenvalue weighted by Gasteiger charge is 2.18. The lowest BCUT2D eigenvalue weighted by Crippen LogP contribution is -2.32. The van der Waals surface area contributed by atoms with Gasteiger partial charge in [-0.2, -0.15) is 0 Å². The first-order valence-corrected chi connectivity index (χ1v) is 7.90. The maximum Gasteiger partial charge on any atom is 0.260 e. The first-order valence-electron chi connectivity index (χ1n) is 7.90. The van der Waals surface area contributed by atoms with E-state index in [1.165, 1.54) is 4.90 Å². The number of nitrogens with zero attached hydrogens (tertiary/aromatic N) is 3. The number of pyridine rings is 1. The Bertz CT molecular complexity index is 955. The summed E-state index contributed by atoms with van der Waals surface area (Å²) in [5.74, 6) is 0.490. The van der Waals surface area contributed by atoms with Crippen molar-refractivity contribution in [2.75, 3.05) is 7.05 Å². The number of para-hydroxylation sites is 2. The summed E-state index contributed by atoms with van der Waals surface area (Å²) < 4.78 is 2.08. The van der Waals surface area contributed by atoms with E-state index in [0.717, 1.165) is 29.1 Å². The second-order valence-electron chi connectivity index (χ2n) is 5.81. The minimum atomic E-state index is -0.365. The number of fused-ring (bicyclic) bond motifs is 1. The minimum Gasteiger partial charge on any atom is -0.334 e. The number of carbonyl (C=O) groups excluding carboxylic acids is 1. The molecule has 6 heteroatoms. The molecule has 124 valence electrons. The van der Waals surface area contributed by atoms with E-state index in [0.29, 0.717) is 6.54 Å². The first-order chi connectivity index (χ1) is 11.5. The van der Waals surface area contributed by atoms with Crippen LogP contribution in [0.5, 0.6) is 0 Å². The molecule has 0 fully saturated rings. The highest BCUT2D eigenvalue weighted by Crippen LogP contribution is 2.17. The fraction of sp³-hybridized carbons (Fsp3) is 0.278. The third-order valence-electron chi connectivity index (χ3n) is 4.06. The molecular weight excluding hydrogens is 304 g/mol. The number of H-pyrrole nitrogens is 1. The molecule has 0 saturated heterocycles. The monoisotopic (exact) mass is 324 g/mol. The normalized spacial score (nSPS) is 11.0. The van der Waals surface area contributed by atoms with Crippen molar-refractivity contribution in [2.24, 2.45) is 0 Å². The van der Waals surface area contributed by atoms with Crippen LogP contribution in [0.2, 0.25) is 0 Å². The number of carbonyl (C=O) groups is 1. The van der Waals surface area contributed by atoms with Crippen molar-refractivity contribution in [2.45, 2.75) is 26.9 Å². The summed E-state index contributed by atoms with van der Waals surface area (Å²) in [5, 5.41) is 0. The molecule has 0 aliphatic carbocycles. The lowest BCUT2D eigenvalue weighted by atomic mass is 10.2. The number of aromatic nitrogens is 3. The average molecular weight is 324 g/mol. The van der Waals surface area contributed by atoms with E-state index in [9.17, 15) is 9.59 Å². The molecule has 2 heterocycles. The largest absolute Gasteiger partial charge is 0.334 e. The number of nitrogens with one attached hydrogen (secondary N) is 1. The van der Waals surface area contributed by atoms with Gasteiger partial charge in [0.25, 0.3) is 11.5 Å². The third kappa shape index (κ3) is 2.82. The van der Waals surface area contributed by atoms with E-state index in [1.54, 1.807) is 26.1 Å². The topological polar surface area (TPSA) is 71.0 Å². The van der Waals surface area contributed by atoms with Gasteiger partial charge in [0.1, 0.15) is 11.4 Å². The van der Waals surface area contributed by atoms with Gasteiger partial charge in [0.2, 0.25) is 0 Å². The molecule has 0 atom stereocenters. The van der Waals surface area contributed by atoms with Crippen LogP contribution in [0.25, 0.3) is 11.0 Å². The molecule has 1 aromatic carbocycles. The van der Waals surface area contributed by atoms with Crippen molar-refractivity contribution < 1.29 is 4.79 Å². The zero-order valence-corrected chi connectivity index (χ0v) is 14.0. The van der Waals surface area contributed by atoms with E-state index < -0.39 is 0 Å². The highest BCUT2D eigenvalue weighted by atomic mass is 16.2. The average Bonchev–Trinajstić information content (AvgIpc) is 2.91. The van der Waals surface area contributed by atoms with Gasteiger partial charge in [-0.25, -0.2) is 4.98 Å². The van der Waals surface area contributed by atoms with Gasteiger partial charge in [-0.3, -0.25) is 9.59 Å². The Morgan fingerprint density at radius 2 is 2.00 bits per heavy atom. The molecule has 0 saturated carbocycles. The van der Waals surface area contributed by atoms with Crippen molar-refractivity contribution in [1.29, 1.82) is 0 Å². The molecule has 0 unspecified atom stereocenters. The maximum atomic E-state index is 12.6. The van der Waals surface area contributed by atoms with E-state index in [1.807, 2.05) is 31.2 Å². The van der Waals surface area contributed by atoms with Gasteiger partial charge >= 0.3 is 0 Å². The van der Waals surface area contributed by atoms with Gasteiger partial charge in [0.15, 0.2) is 0 Å². The Balaban J connectivity index is 1.90. The van der Waals surface area contributed by atoms with Gasteiger partial charge in [-0.1, -0.05) is 12.1 Å². The van der Waals surface area contributed by atoms with Crippen LogP contribution in [-0.2, 0) is 13.1 Å². The third-order valence-corrected chi connectivity index (χ3v) is 4.06. The smallest absolute Gasteiger partial charge is 0.260 e. The predicted molar refractivity (Wildman–Crippen MR) is 93.0 cm³/mol. The molecule has 0 bridgehead atoms. The predicted octanol–water partition coefficient (Wildman–Crippen LogP) is 2.33. The van der Waals surface area contributed by atoms with Gasteiger partial charge < -0.3 is 14.5 Å². The Morgan fingerprint density at radius 1 is 1.25 bits per heavy atom. The SMILES string of the molecule is CCn1c(CN(C)C(=O)c2ccc(C)[nH]c2=O)nc2ccccc21. The molecule has 2 aromatic heterocycles. The van der Waals surface area contributed by atoms with Crippen molar-refractivity contribution in [1.82, 2.24) is 19.4 Å². The second-order valence-corrected chi connectivity index (χ2v) is 5.81. The Morgan fingerprint density at radius 3 is 2.71 bits per heavy atom. The van der Waals surface area contributed by atoms with Crippen LogP contribution in [0.4, 0.5) is 0 Å². The molecule has 3 rings (SSSR count). The highest BCUT2D eigenvalue weighted by molar-refractivity contribution is 5.93. The molecule has 0 spiro atoms. The number of imidazole rings is 1. The Kier molecular flexibility index (Phi) is 4.20. The maximum absolute atomic E-state index is 12.6. The first kappa shape index (κ1) is 16.0. The second kappa shape index (κ2) is 6.31. The lowest BCUT2D eigenvalue weighted by Gasteiger charge is -2.17. The molecule has 3 aromatic rings. The lowest BCUT2D eigenvalue weighted by molar-refractivity contribution is 0.0778. The number of rotatable bonds is 4. The molecule has 0 radical (unpaired) electrons. The minimum absolute atomic E-state index is 0.141. The molecule has 24 heavy (non-hydrogen) atoms. The van der Waals surface area contributed by atoms with Crippen molar-refractivity contribution in [3.8, 4) is 0 Å². The molecule has 1 N–H and O–H groups in total. The van der Waals surface area contributed by atoms with Crippen LogP contribution < -0.4 is 5.56 Å². The number of amides is 1. The quantitative estimate of drug-likeness (QED) is 0.800. The number of aromatic amines is 1. The van der Waals surface area contributed by atoms with E-state index >= 15 is 0 Å². The summed E-state index contributed by atoms with van der Waals surface area (Å²) in [6, 6.07) is 11.2. The summed E-state index contributed by atoms with van der Waals surface area (Å²) >= 11 is 0. The van der Waals surface area contributed by atoms with E-state index in [-0.39, 0.29) is 17.0 Å². The Hall–Kier alpha value is -2.89. The zero-order valence-electron chi connectivity index (χ0n) is 14.0. The van der Waals surface area contributed by atoms with E-state index in [2.05, 4.69) is 14.5 Å². The van der Waals surface area contributed by atoms with Crippen molar-refractivity contribution in [3.63, 3.8) is 0 Å². The molecule has 0 aliphatic rings. The standard InChI is InChI=1S/C18H20N4O2/c1-4-22-15-8-6-5-7-14(15)20-16(22)11-21(3)18(24)13-10-9-12(2)19-17(13)23/h5-10H,4,11H2,1-3H3,(H,19,23). The number of aryl methyl sites for hydroxylation is 2. The summed E-state index contributed by atoms with van der Waals surface area (Å²) in [5.41, 5.74) is 2.46. The van der Waals surface area contributed by atoms with Gasteiger partial charge in [0, 0.05) is 19.3 Å². The summed E-state index contributed by atoms with van der Waals surface area (Å²) in [7, 11) is 1.68. The van der Waals surface area contributed by atoms with Crippen LogP contribution in [-0.4, -0.2) is 32.4 Å². The summed E-state index contributed by atoms with van der Waals surface area (Å²) in [6.45, 7) is 4.94. The number of hydrogen-bond donors (Lipinski definition) is 1. The van der Waals surface area contributed by atoms with Crippen LogP contribution in [0.3, 0.4) is 0 Å². The van der Waals surface area contributed by atoms with Crippen LogP contribution in [0, 0.1) is 6.92 Å². The van der Waals surface area contributed by atoms with Crippen LogP contribution in [0.1, 0.15) is 28.8 Å². The molecule has 0 aliphatic heterocycles. The summed E-state index contributed by atoms with van der Waals surface area (Å²) in [4.78, 5) is 33.3. The Labute approximate surface area is 139 Å². The van der Waals surface area contributed by atoms with Crippen LogP contribution >= 0.6 is 0 Å². The molecule has 1 amide bonds. The zero-order chi connectivity index (χ0) is 17.3. The fourth-order valence-corrected chi connectivity index (χ4v) is 2.83. The molecule has 6 nitrogen and oxygen atoms in total. The van der Waals surface area contributed by atoms with Gasteiger partial charge in [-0.05, 0) is 38.1 Å². The fourth-order valence-electron chi connectivity index (χ4n) is 2.83. The van der Waals surface area contributed by atoms with Crippen molar-refractivity contribution in [3.05, 3.63) is 63.8 Å².